The van der Waals surface area contributed by atoms with Crippen molar-refractivity contribution in [2.45, 2.75) is 17.3 Å². The van der Waals surface area contributed by atoms with Gasteiger partial charge >= 0.3 is 0 Å². The van der Waals surface area contributed by atoms with Gasteiger partial charge in [-0.1, -0.05) is 35.0 Å². The van der Waals surface area contributed by atoms with Crippen LogP contribution in [-0.2, 0) is 4.79 Å². The second kappa shape index (κ2) is 7.81. The molecule has 0 aliphatic rings. The Morgan fingerprint density at radius 3 is 2.56 bits per heavy atom. The van der Waals surface area contributed by atoms with Crippen LogP contribution in [0.25, 0.3) is 5.69 Å². The lowest BCUT2D eigenvalue weighted by Gasteiger charge is -2.11. The van der Waals surface area contributed by atoms with E-state index in [1.54, 1.807) is 48.0 Å². The second-order valence-electron chi connectivity index (χ2n) is 4.96. The number of rotatable bonds is 5. The lowest BCUT2D eigenvalue weighted by Crippen LogP contribution is -2.23. The van der Waals surface area contributed by atoms with Crippen molar-refractivity contribution in [2.75, 3.05) is 5.32 Å². The number of amides is 1. The van der Waals surface area contributed by atoms with Gasteiger partial charge in [-0.05, 0) is 53.7 Å². The molecule has 2 heterocycles. The first kappa shape index (κ1) is 17.7. The van der Waals surface area contributed by atoms with E-state index in [2.05, 4.69) is 25.8 Å². The average Bonchev–Trinajstić information content (AvgIpc) is 3.05. The van der Waals surface area contributed by atoms with Crippen LogP contribution in [-0.4, -0.2) is 36.3 Å². The number of halogens is 2. The van der Waals surface area contributed by atoms with Crippen LogP contribution in [0.1, 0.15) is 6.92 Å². The molecule has 3 aromatic rings. The highest BCUT2D eigenvalue weighted by Gasteiger charge is 2.19. The average molecular weight is 395 g/mol. The fourth-order valence-electron chi connectivity index (χ4n) is 1.89. The molecule has 128 valence electrons. The van der Waals surface area contributed by atoms with E-state index in [0.29, 0.717) is 21.0 Å². The number of anilines is 1. The highest BCUT2D eigenvalue weighted by Crippen LogP contribution is 2.24. The predicted molar refractivity (Wildman–Crippen MR) is 97.4 cm³/mol. The number of hydrogen-bond acceptors (Lipinski definition) is 6. The fraction of sp³-hybridized carbons (Fsp3) is 0.133. The Kier molecular flexibility index (Phi) is 5.52. The van der Waals surface area contributed by atoms with E-state index in [0.717, 1.165) is 5.69 Å². The smallest absolute Gasteiger partial charge is 0.238 e. The molecule has 0 aliphatic carbocycles. The molecule has 0 saturated carbocycles. The molecule has 0 radical (unpaired) electrons. The van der Waals surface area contributed by atoms with E-state index >= 15 is 0 Å². The first-order valence-electron chi connectivity index (χ1n) is 7.16. The van der Waals surface area contributed by atoms with Gasteiger partial charge in [0, 0.05) is 11.2 Å². The predicted octanol–water partition coefficient (Wildman–Crippen LogP) is 3.48. The summed E-state index contributed by atoms with van der Waals surface area (Å²) in [7, 11) is 0. The number of hydrogen-bond donors (Lipinski definition) is 1. The molecule has 2 aromatic heterocycles. The number of nitrogens with one attached hydrogen (secondary N) is 1. The lowest BCUT2D eigenvalue weighted by atomic mass is 10.3. The van der Waals surface area contributed by atoms with Crippen molar-refractivity contribution in [1.82, 2.24) is 25.2 Å². The normalized spacial score (nSPS) is 12.0. The lowest BCUT2D eigenvalue weighted by molar-refractivity contribution is -0.115. The number of tetrazole rings is 1. The van der Waals surface area contributed by atoms with E-state index in [1.807, 2.05) is 0 Å². The van der Waals surface area contributed by atoms with Crippen LogP contribution in [0.3, 0.4) is 0 Å². The van der Waals surface area contributed by atoms with Gasteiger partial charge in [0.25, 0.3) is 0 Å². The topological polar surface area (TPSA) is 85.6 Å². The molecule has 25 heavy (non-hydrogen) atoms. The monoisotopic (exact) mass is 394 g/mol. The fourth-order valence-corrected chi connectivity index (χ4v) is 2.93. The van der Waals surface area contributed by atoms with E-state index < -0.39 is 5.25 Å². The quantitative estimate of drug-likeness (QED) is 0.666. The molecule has 1 aromatic carbocycles. The van der Waals surface area contributed by atoms with E-state index in [4.69, 9.17) is 23.2 Å². The van der Waals surface area contributed by atoms with Crippen molar-refractivity contribution in [3.63, 3.8) is 0 Å². The van der Waals surface area contributed by atoms with Crippen molar-refractivity contribution in [3.8, 4) is 5.69 Å². The number of carbonyl (C=O) groups is 1. The van der Waals surface area contributed by atoms with Gasteiger partial charge in [0.1, 0.15) is 5.82 Å². The highest BCUT2D eigenvalue weighted by molar-refractivity contribution is 8.00. The molecule has 1 atom stereocenters. The number of pyridine rings is 1. The first-order valence-corrected chi connectivity index (χ1v) is 8.80. The summed E-state index contributed by atoms with van der Waals surface area (Å²) in [6.45, 7) is 1.76. The number of aromatic nitrogens is 5. The van der Waals surface area contributed by atoms with Crippen LogP contribution in [0.5, 0.6) is 0 Å². The van der Waals surface area contributed by atoms with E-state index in [9.17, 15) is 4.79 Å². The molecule has 0 saturated heterocycles. The molecule has 0 spiro atoms. The Balaban J connectivity index is 1.70. The molecule has 7 nitrogen and oxygen atoms in total. The van der Waals surface area contributed by atoms with Crippen LogP contribution in [0.15, 0.2) is 47.8 Å². The SMILES string of the molecule is C[C@H](Sc1nnnn1-c1ccc(Cl)cc1)C(=O)Nc1ccc(Cl)cn1. The molecule has 10 heteroatoms. The van der Waals surface area contributed by atoms with Gasteiger partial charge in [0.05, 0.1) is 16.0 Å². The maximum atomic E-state index is 12.3. The van der Waals surface area contributed by atoms with Crippen molar-refractivity contribution >= 4 is 46.7 Å². The molecular formula is C15H12Cl2N6OS. The Bertz CT molecular complexity index is 868. The van der Waals surface area contributed by atoms with Crippen molar-refractivity contribution in [3.05, 3.63) is 52.6 Å². The molecule has 0 aliphatic heterocycles. The Morgan fingerprint density at radius 1 is 1.16 bits per heavy atom. The van der Waals surface area contributed by atoms with Gasteiger partial charge in [-0.3, -0.25) is 4.79 Å². The summed E-state index contributed by atoms with van der Waals surface area (Å²) in [5.41, 5.74) is 0.754. The van der Waals surface area contributed by atoms with Gasteiger partial charge in [-0.2, -0.15) is 4.68 Å². The zero-order valence-corrected chi connectivity index (χ0v) is 15.3. The Hall–Kier alpha value is -2.16. The van der Waals surface area contributed by atoms with Crippen LogP contribution in [0.2, 0.25) is 10.0 Å². The summed E-state index contributed by atoms with van der Waals surface area (Å²) in [5.74, 6) is 0.213. The number of carbonyl (C=O) groups excluding carboxylic acids is 1. The third-order valence-corrected chi connectivity index (χ3v) is 4.65. The minimum atomic E-state index is -0.436. The van der Waals surface area contributed by atoms with E-state index in [-0.39, 0.29) is 5.91 Å². The summed E-state index contributed by atoms with van der Waals surface area (Å²) in [5, 5.41) is 15.5. The van der Waals surface area contributed by atoms with Crippen LogP contribution < -0.4 is 5.32 Å². The molecule has 1 N–H and O–H groups in total. The summed E-state index contributed by atoms with van der Waals surface area (Å²) in [4.78, 5) is 16.4. The van der Waals surface area contributed by atoms with Gasteiger partial charge in [0.15, 0.2) is 0 Å². The largest absolute Gasteiger partial charge is 0.310 e. The zero-order valence-electron chi connectivity index (χ0n) is 12.9. The van der Waals surface area contributed by atoms with Crippen LogP contribution in [0.4, 0.5) is 5.82 Å². The second-order valence-corrected chi connectivity index (χ2v) is 7.14. The Labute approximate surface area is 157 Å². The summed E-state index contributed by atoms with van der Waals surface area (Å²) in [6, 6.07) is 10.4. The van der Waals surface area contributed by atoms with Gasteiger partial charge in [-0.15, -0.1) is 5.10 Å². The maximum absolute atomic E-state index is 12.3. The first-order chi connectivity index (χ1) is 12.0. The Morgan fingerprint density at radius 2 is 1.88 bits per heavy atom. The van der Waals surface area contributed by atoms with Crippen LogP contribution >= 0.6 is 35.0 Å². The molecule has 1 amide bonds. The molecule has 0 fully saturated rings. The minimum Gasteiger partial charge on any atom is -0.310 e. The van der Waals surface area contributed by atoms with Crippen molar-refractivity contribution in [2.24, 2.45) is 0 Å². The van der Waals surface area contributed by atoms with Gasteiger partial charge < -0.3 is 5.32 Å². The van der Waals surface area contributed by atoms with Gasteiger partial charge in [0.2, 0.25) is 11.1 Å². The van der Waals surface area contributed by atoms with Gasteiger partial charge in [-0.25, -0.2) is 4.98 Å². The van der Waals surface area contributed by atoms with Crippen molar-refractivity contribution < 1.29 is 4.79 Å². The third kappa shape index (κ3) is 4.47. The molecular weight excluding hydrogens is 383 g/mol. The third-order valence-electron chi connectivity index (χ3n) is 3.14. The van der Waals surface area contributed by atoms with E-state index in [1.165, 1.54) is 18.0 Å². The minimum absolute atomic E-state index is 0.217. The summed E-state index contributed by atoms with van der Waals surface area (Å²) in [6.07, 6.45) is 1.47. The zero-order chi connectivity index (χ0) is 17.8. The molecule has 3 rings (SSSR count). The maximum Gasteiger partial charge on any atom is 0.238 e. The van der Waals surface area contributed by atoms with Crippen LogP contribution in [0, 0.1) is 0 Å². The molecule has 0 bridgehead atoms. The number of nitrogens with zero attached hydrogens (tertiary/aromatic N) is 5. The highest BCUT2D eigenvalue weighted by atomic mass is 35.5. The van der Waals surface area contributed by atoms with Crippen molar-refractivity contribution in [1.29, 1.82) is 0 Å². The number of benzene rings is 1. The summed E-state index contributed by atoms with van der Waals surface area (Å²) < 4.78 is 1.55. The number of thioether (sulfide) groups is 1. The molecule has 0 unspecified atom stereocenters. The standard InChI is InChI=1S/C15H12Cl2N6OS/c1-9(14(24)19-13-7-4-11(17)8-18-13)25-15-20-21-22-23(15)12-5-2-10(16)3-6-12/h2-9H,1H3,(H,18,19,24)/t9-/m0/s1. The summed E-state index contributed by atoms with van der Waals surface area (Å²) >= 11 is 12.9.